The molecule has 0 fully saturated rings. The van der Waals surface area contributed by atoms with Crippen molar-refractivity contribution in [2.45, 2.75) is 6.92 Å². The Balaban J connectivity index is -0.00000000450. The Bertz CT molecular complexity index is 35.9. The fourth-order valence-corrected chi connectivity index (χ4v) is 0. The minimum atomic E-state index is -0.833. The molecule has 0 atom stereocenters. The van der Waals surface area contributed by atoms with Gasteiger partial charge in [-0.15, -0.1) is 0 Å². The van der Waals surface area contributed by atoms with E-state index in [9.17, 15) is 0 Å². The van der Waals surface area contributed by atoms with Crippen LogP contribution in [0.4, 0.5) is 0 Å². The monoisotopic (exact) mass is 388 g/mol. The van der Waals surface area contributed by atoms with Crippen LogP contribution in [-0.4, -0.2) is 11.1 Å². The van der Waals surface area contributed by atoms with Gasteiger partial charge in [-0.2, -0.15) is 0 Å². The van der Waals surface area contributed by atoms with Crippen LogP contribution in [0, 0.1) is 83.5 Å². The summed E-state index contributed by atoms with van der Waals surface area (Å²) in [6.07, 6.45) is 0. The second kappa shape index (κ2) is 32.1. The van der Waals surface area contributed by atoms with Gasteiger partial charge in [-0.25, -0.2) is 0 Å². The van der Waals surface area contributed by atoms with Gasteiger partial charge in [0.25, 0.3) is 5.97 Å². The normalized spacial score (nSPS) is 2.78. The van der Waals surface area contributed by atoms with Crippen molar-refractivity contribution in [2.75, 3.05) is 0 Å². The Kier molecular flexibility index (Phi) is 155. The zero-order valence-corrected chi connectivity index (χ0v) is 10.9. The average Bonchev–Trinajstić information content (AvgIpc) is 0.811. The number of carbonyl (C=O) groups is 1. The summed E-state index contributed by atoms with van der Waals surface area (Å²) in [5.41, 5.74) is 0. The van der Waals surface area contributed by atoms with Gasteiger partial charge in [0.2, 0.25) is 0 Å². The van der Waals surface area contributed by atoms with Gasteiger partial charge in [0.05, 0.1) is 0 Å². The quantitative estimate of drug-likeness (QED) is 0.614. The van der Waals surface area contributed by atoms with E-state index in [1.807, 2.05) is 0 Å². The van der Waals surface area contributed by atoms with Crippen molar-refractivity contribution in [3.63, 3.8) is 0 Å². The third-order valence-electron chi connectivity index (χ3n) is 0. The molecule has 0 saturated carbocycles. The minimum Gasteiger partial charge on any atom is -2.00 e. The largest absolute Gasteiger partial charge is 3.00 e. The molecule has 1 N–H and O–H groups in total. The first-order valence-corrected chi connectivity index (χ1v) is 0.928. The molecule has 0 aliphatic heterocycles. The van der Waals surface area contributed by atoms with Crippen LogP contribution in [-0.2, 0) is 21.2 Å². The second-order valence-electron chi connectivity index (χ2n) is 0.519. The first-order valence-electron chi connectivity index (χ1n) is 0.928. The van der Waals surface area contributed by atoms with E-state index in [2.05, 4.69) is 0 Å². The number of hydrogen-bond acceptors (Lipinski definition) is 1. The molecule has 9 heavy (non-hydrogen) atoms. The molecule has 5 nitrogen and oxygen atoms in total. The van der Waals surface area contributed by atoms with Gasteiger partial charge >= 0.3 is 83.5 Å². The Labute approximate surface area is 120 Å². The van der Waals surface area contributed by atoms with Gasteiger partial charge in [0.1, 0.15) is 0 Å². The SMILES string of the molecule is CC(=O)O.[Ce+3].[Ce+3].[O-2].[O-2].[O-2]. The maximum atomic E-state index is 9.00. The zero-order valence-electron chi connectivity index (χ0n) is 4.58. The molecule has 0 rings (SSSR count). The molecule has 50 valence electrons. The van der Waals surface area contributed by atoms with Crippen LogP contribution in [0.5, 0.6) is 0 Å². The van der Waals surface area contributed by atoms with Gasteiger partial charge in [0, 0.05) is 6.92 Å². The summed E-state index contributed by atoms with van der Waals surface area (Å²) >= 11 is 0. The molecule has 7 heteroatoms. The summed E-state index contributed by atoms with van der Waals surface area (Å²) in [7, 11) is 0. The van der Waals surface area contributed by atoms with Crippen molar-refractivity contribution >= 4 is 5.97 Å². The van der Waals surface area contributed by atoms with E-state index in [1.54, 1.807) is 0 Å². The summed E-state index contributed by atoms with van der Waals surface area (Å²) in [6.45, 7) is 1.08. The fraction of sp³-hybridized carbons (Fsp3) is 0.500. The Morgan fingerprint density at radius 2 is 1.11 bits per heavy atom. The Hall–Kier alpha value is 2.10. The summed E-state index contributed by atoms with van der Waals surface area (Å²) in [6, 6.07) is 0. The maximum absolute atomic E-state index is 9.00. The fourth-order valence-electron chi connectivity index (χ4n) is 0. The number of carboxylic acids is 1. The van der Waals surface area contributed by atoms with Gasteiger partial charge in [-0.05, 0) is 0 Å². The van der Waals surface area contributed by atoms with Crippen molar-refractivity contribution in [1.82, 2.24) is 0 Å². The molecule has 0 aliphatic carbocycles. The van der Waals surface area contributed by atoms with Crippen LogP contribution in [0.25, 0.3) is 0 Å². The smallest absolute Gasteiger partial charge is 2.00 e. The van der Waals surface area contributed by atoms with E-state index < -0.39 is 5.97 Å². The minimum absolute atomic E-state index is 0. The summed E-state index contributed by atoms with van der Waals surface area (Å²) in [4.78, 5) is 9.00. The average molecular weight is 388 g/mol. The molecular formula is C2H4Ce2O5. The van der Waals surface area contributed by atoms with Crippen LogP contribution < -0.4 is 0 Å². The molecule has 0 amide bonds. The molecule has 0 spiro atoms. The predicted octanol–water partition coefficient (Wildman–Crippen LogP) is -0.266. The van der Waals surface area contributed by atoms with Gasteiger partial charge in [-0.1, -0.05) is 0 Å². The van der Waals surface area contributed by atoms with Gasteiger partial charge in [0.15, 0.2) is 0 Å². The first kappa shape index (κ1) is 43.5. The number of hydrogen-bond donors (Lipinski definition) is 1. The van der Waals surface area contributed by atoms with Crippen LogP contribution in [0.15, 0.2) is 0 Å². The number of carboxylic acid groups (broad SMARTS) is 1. The predicted molar refractivity (Wildman–Crippen MR) is 15.4 cm³/mol. The van der Waals surface area contributed by atoms with Crippen LogP contribution in [0.2, 0.25) is 0 Å². The molecule has 0 unspecified atom stereocenters. The molecule has 0 aromatic carbocycles. The molecule has 0 bridgehead atoms. The van der Waals surface area contributed by atoms with E-state index in [0.717, 1.165) is 6.92 Å². The third-order valence-corrected chi connectivity index (χ3v) is 0. The molecule has 0 heterocycles. The first-order chi connectivity index (χ1) is 1.73. The summed E-state index contributed by atoms with van der Waals surface area (Å²) in [5.74, 6) is -0.833. The molecule has 0 aliphatic rings. The van der Waals surface area contributed by atoms with Crippen molar-refractivity contribution in [1.29, 1.82) is 0 Å². The van der Waals surface area contributed by atoms with E-state index in [0.29, 0.717) is 0 Å². The maximum Gasteiger partial charge on any atom is 3.00 e. The topological polar surface area (TPSA) is 123 Å². The zero-order chi connectivity index (χ0) is 3.58. The Morgan fingerprint density at radius 1 is 1.11 bits per heavy atom. The van der Waals surface area contributed by atoms with E-state index in [1.165, 1.54) is 0 Å². The van der Waals surface area contributed by atoms with Crippen LogP contribution in [0.3, 0.4) is 0 Å². The number of rotatable bonds is 0. The third kappa shape index (κ3) is 150. The number of aliphatic carboxylic acids is 1. The van der Waals surface area contributed by atoms with Crippen molar-refractivity contribution < 1.29 is 110 Å². The second-order valence-corrected chi connectivity index (χ2v) is 0.519. The summed E-state index contributed by atoms with van der Waals surface area (Å²) in [5, 5.41) is 7.42. The van der Waals surface area contributed by atoms with Crippen molar-refractivity contribution in [3.8, 4) is 0 Å². The van der Waals surface area contributed by atoms with Gasteiger partial charge in [-0.3, -0.25) is 4.79 Å². The van der Waals surface area contributed by atoms with Crippen LogP contribution in [0.1, 0.15) is 6.92 Å². The molecule has 0 aromatic heterocycles. The van der Waals surface area contributed by atoms with Crippen molar-refractivity contribution in [2.24, 2.45) is 0 Å². The molecule has 2 radical (unpaired) electrons. The van der Waals surface area contributed by atoms with Crippen LogP contribution >= 0.6 is 0 Å². The molecular weight excluding hydrogens is 384 g/mol. The standard InChI is InChI=1S/C2H4O2.2Ce.3O/c1-2(3)4;;;;;/h1H3,(H,3,4);;;;;/q;2*+3;3*-2. The van der Waals surface area contributed by atoms with Gasteiger partial charge < -0.3 is 21.5 Å². The Morgan fingerprint density at radius 3 is 1.11 bits per heavy atom. The molecule has 0 saturated heterocycles. The van der Waals surface area contributed by atoms with Crippen molar-refractivity contribution in [3.05, 3.63) is 0 Å². The van der Waals surface area contributed by atoms with E-state index >= 15 is 0 Å². The molecule has 0 aromatic rings. The van der Waals surface area contributed by atoms with E-state index in [4.69, 9.17) is 9.90 Å². The summed E-state index contributed by atoms with van der Waals surface area (Å²) < 4.78 is 0. The van der Waals surface area contributed by atoms with E-state index in [-0.39, 0.29) is 99.9 Å².